The summed E-state index contributed by atoms with van der Waals surface area (Å²) < 4.78 is 5.61. The van der Waals surface area contributed by atoms with Gasteiger partial charge in [0.25, 0.3) is 5.91 Å². The van der Waals surface area contributed by atoms with Crippen LogP contribution in [-0.4, -0.2) is 58.9 Å². The molecular weight excluding hydrogens is 390 g/mol. The standard InChI is InChI=1S/C25H33N3O3/c1-16(2)27-10-9-22-20(14-27)24(19-7-5-6-8-21(19)26-22)25(30)31-15-23(29)28-12-17(3)11-18(4)13-28/h5-8,16-18H,9-15H2,1-4H3. The monoisotopic (exact) mass is 423 g/mol. The normalized spacial score (nSPS) is 21.9. The zero-order valence-electron chi connectivity index (χ0n) is 19.1. The van der Waals surface area contributed by atoms with Gasteiger partial charge in [-0.05, 0) is 38.2 Å². The van der Waals surface area contributed by atoms with Crippen molar-refractivity contribution in [2.75, 3.05) is 26.2 Å². The van der Waals surface area contributed by atoms with Gasteiger partial charge in [-0.15, -0.1) is 0 Å². The van der Waals surface area contributed by atoms with Gasteiger partial charge in [0, 0.05) is 55.3 Å². The van der Waals surface area contributed by atoms with Gasteiger partial charge in [0.05, 0.1) is 11.1 Å². The van der Waals surface area contributed by atoms with Crippen LogP contribution in [0.2, 0.25) is 0 Å². The summed E-state index contributed by atoms with van der Waals surface area (Å²) >= 11 is 0. The molecule has 1 saturated heterocycles. The lowest BCUT2D eigenvalue weighted by molar-refractivity contribution is -0.137. The van der Waals surface area contributed by atoms with E-state index in [4.69, 9.17) is 9.72 Å². The van der Waals surface area contributed by atoms with E-state index in [0.717, 1.165) is 54.6 Å². The Morgan fingerprint density at radius 1 is 1.16 bits per heavy atom. The fraction of sp³-hybridized carbons (Fsp3) is 0.560. The Hall–Kier alpha value is -2.47. The van der Waals surface area contributed by atoms with Crippen molar-refractivity contribution in [3.63, 3.8) is 0 Å². The van der Waals surface area contributed by atoms with E-state index in [1.54, 1.807) is 0 Å². The third kappa shape index (κ3) is 4.59. The van der Waals surface area contributed by atoms with E-state index in [2.05, 4.69) is 32.6 Å². The van der Waals surface area contributed by atoms with Gasteiger partial charge >= 0.3 is 5.97 Å². The molecule has 0 saturated carbocycles. The van der Waals surface area contributed by atoms with Crippen molar-refractivity contribution < 1.29 is 14.3 Å². The van der Waals surface area contributed by atoms with Crippen molar-refractivity contribution in [3.05, 3.63) is 41.1 Å². The summed E-state index contributed by atoms with van der Waals surface area (Å²) in [6.45, 7) is 11.5. The smallest absolute Gasteiger partial charge is 0.339 e. The number of amides is 1. The van der Waals surface area contributed by atoms with Crippen LogP contribution >= 0.6 is 0 Å². The van der Waals surface area contributed by atoms with Crippen molar-refractivity contribution in [3.8, 4) is 0 Å². The van der Waals surface area contributed by atoms with Crippen LogP contribution in [0.5, 0.6) is 0 Å². The predicted octanol–water partition coefficient (Wildman–Crippen LogP) is 3.66. The van der Waals surface area contributed by atoms with Gasteiger partial charge in [0.2, 0.25) is 0 Å². The molecule has 1 amide bonds. The molecule has 1 aromatic heterocycles. The maximum Gasteiger partial charge on any atom is 0.339 e. The molecule has 1 aromatic carbocycles. The number of hydrogen-bond acceptors (Lipinski definition) is 5. The van der Waals surface area contributed by atoms with Gasteiger partial charge in [-0.1, -0.05) is 32.0 Å². The van der Waals surface area contributed by atoms with E-state index in [1.165, 1.54) is 0 Å². The summed E-state index contributed by atoms with van der Waals surface area (Å²) in [5, 5.41) is 0.796. The highest BCUT2D eigenvalue weighted by Crippen LogP contribution is 2.29. The van der Waals surface area contributed by atoms with E-state index in [0.29, 0.717) is 30.0 Å². The molecule has 2 atom stereocenters. The minimum Gasteiger partial charge on any atom is -0.452 e. The predicted molar refractivity (Wildman–Crippen MR) is 121 cm³/mol. The number of ether oxygens (including phenoxy) is 1. The van der Waals surface area contributed by atoms with Crippen molar-refractivity contribution in [1.82, 2.24) is 14.8 Å². The highest BCUT2D eigenvalue weighted by Gasteiger charge is 2.29. The first-order valence-electron chi connectivity index (χ1n) is 11.4. The van der Waals surface area contributed by atoms with Crippen LogP contribution in [0.3, 0.4) is 0 Å². The summed E-state index contributed by atoms with van der Waals surface area (Å²) in [6.07, 6.45) is 1.94. The molecule has 0 spiro atoms. The van der Waals surface area contributed by atoms with E-state index >= 15 is 0 Å². The van der Waals surface area contributed by atoms with Gasteiger partial charge in [-0.2, -0.15) is 0 Å². The van der Waals surface area contributed by atoms with E-state index in [9.17, 15) is 9.59 Å². The Bertz CT molecular complexity index is 977. The third-order valence-electron chi connectivity index (χ3n) is 6.56. The Labute approximate surface area is 184 Å². The van der Waals surface area contributed by atoms with Gasteiger partial charge in [0.1, 0.15) is 0 Å². The quantitative estimate of drug-likeness (QED) is 0.703. The Morgan fingerprint density at radius 3 is 2.58 bits per heavy atom. The number of esters is 1. The van der Waals surface area contributed by atoms with Crippen molar-refractivity contribution >= 4 is 22.8 Å². The minimum absolute atomic E-state index is 0.109. The number of aromatic nitrogens is 1. The molecule has 2 aromatic rings. The maximum absolute atomic E-state index is 13.3. The van der Waals surface area contributed by atoms with Crippen LogP contribution in [-0.2, 0) is 22.5 Å². The van der Waals surface area contributed by atoms with Crippen molar-refractivity contribution in [2.45, 2.75) is 53.1 Å². The summed E-state index contributed by atoms with van der Waals surface area (Å²) in [7, 11) is 0. The third-order valence-corrected chi connectivity index (χ3v) is 6.56. The number of piperidine rings is 1. The Balaban J connectivity index is 1.58. The van der Waals surface area contributed by atoms with Crippen LogP contribution in [0.1, 0.15) is 55.7 Å². The number of carbonyl (C=O) groups is 2. The first-order chi connectivity index (χ1) is 14.8. The van der Waals surface area contributed by atoms with Crippen molar-refractivity contribution in [2.24, 2.45) is 11.8 Å². The molecule has 2 aliphatic heterocycles. The molecule has 0 N–H and O–H groups in total. The molecule has 1 fully saturated rings. The number of para-hydroxylation sites is 1. The summed E-state index contributed by atoms with van der Waals surface area (Å²) in [5.74, 6) is 0.415. The molecule has 31 heavy (non-hydrogen) atoms. The molecule has 0 bridgehead atoms. The minimum atomic E-state index is -0.424. The van der Waals surface area contributed by atoms with Crippen LogP contribution in [0.25, 0.3) is 10.9 Å². The molecule has 3 heterocycles. The van der Waals surface area contributed by atoms with Crippen LogP contribution < -0.4 is 0 Å². The first-order valence-corrected chi connectivity index (χ1v) is 11.4. The zero-order valence-corrected chi connectivity index (χ0v) is 19.1. The summed E-state index contributed by atoms with van der Waals surface area (Å²) in [5.41, 5.74) is 3.28. The largest absolute Gasteiger partial charge is 0.452 e. The molecule has 166 valence electrons. The highest BCUT2D eigenvalue weighted by atomic mass is 16.5. The lowest BCUT2D eigenvalue weighted by Gasteiger charge is -2.35. The van der Waals surface area contributed by atoms with E-state index < -0.39 is 5.97 Å². The molecular formula is C25H33N3O3. The first kappa shape index (κ1) is 21.8. The van der Waals surface area contributed by atoms with Gasteiger partial charge in [0.15, 0.2) is 6.61 Å². The SMILES string of the molecule is CC1CC(C)CN(C(=O)COC(=O)c2c3c(nc4ccccc24)CCN(C(C)C)C3)C1. The topological polar surface area (TPSA) is 62.7 Å². The van der Waals surface area contributed by atoms with Gasteiger partial charge in [-0.25, -0.2) is 4.79 Å². The number of carbonyl (C=O) groups excluding carboxylic acids is 2. The molecule has 0 radical (unpaired) electrons. The molecule has 0 aliphatic carbocycles. The molecule has 2 aliphatic rings. The van der Waals surface area contributed by atoms with Crippen LogP contribution in [0.4, 0.5) is 0 Å². The van der Waals surface area contributed by atoms with Gasteiger partial charge < -0.3 is 9.64 Å². The van der Waals surface area contributed by atoms with E-state index in [1.807, 2.05) is 29.2 Å². The fourth-order valence-electron chi connectivity index (χ4n) is 5.04. The number of nitrogens with zero attached hydrogens (tertiary/aromatic N) is 3. The van der Waals surface area contributed by atoms with Gasteiger partial charge in [-0.3, -0.25) is 14.7 Å². The lowest BCUT2D eigenvalue weighted by atomic mass is 9.92. The summed E-state index contributed by atoms with van der Waals surface area (Å²) in [4.78, 5) is 35.0. The number of hydrogen-bond donors (Lipinski definition) is 0. The fourth-order valence-corrected chi connectivity index (χ4v) is 5.04. The average Bonchev–Trinajstić information content (AvgIpc) is 2.74. The number of pyridine rings is 1. The Kier molecular flexibility index (Phi) is 6.28. The second-order valence-electron chi connectivity index (χ2n) is 9.56. The number of fused-ring (bicyclic) bond motifs is 2. The number of rotatable bonds is 4. The average molecular weight is 424 g/mol. The maximum atomic E-state index is 13.3. The molecule has 6 heteroatoms. The highest BCUT2D eigenvalue weighted by molar-refractivity contribution is 6.05. The lowest BCUT2D eigenvalue weighted by Crippen LogP contribution is -2.44. The van der Waals surface area contributed by atoms with Crippen LogP contribution in [0.15, 0.2) is 24.3 Å². The summed E-state index contributed by atoms with van der Waals surface area (Å²) in [6, 6.07) is 8.08. The Morgan fingerprint density at radius 2 is 1.87 bits per heavy atom. The van der Waals surface area contributed by atoms with Crippen LogP contribution in [0, 0.1) is 11.8 Å². The molecule has 6 nitrogen and oxygen atoms in total. The van der Waals surface area contributed by atoms with E-state index in [-0.39, 0.29) is 12.5 Å². The molecule has 4 rings (SSSR count). The molecule has 2 unspecified atom stereocenters. The second kappa shape index (κ2) is 8.95. The van der Waals surface area contributed by atoms with Crippen molar-refractivity contribution in [1.29, 1.82) is 0 Å². The number of benzene rings is 1. The zero-order chi connectivity index (χ0) is 22.1. The number of likely N-dealkylation sites (tertiary alicyclic amines) is 1. The second-order valence-corrected chi connectivity index (χ2v) is 9.56.